The highest BCUT2D eigenvalue weighted by Gasteiger charge is 2.59. The summed E-state index contributed by atoms with van der Waals surface area (Å²) < 4.78 is 37.6. The molecular formula is C16H20ClN3O7S2. The van der Waals surface area contributed by atoms with Crippen LogP contribution in [0.2, 0.25) is 5.02 Å². The van der Waals surface area contributed by atoms with Crippen molar-refractivity contribution in [1.29, 1.82) is 0 Å². The van der Waals surface area contributed by atoms with E-state index in [0.717, 1.165) is 15.6 Å². The van der Waals surface area contributed by atoms with E-state index in [4.69, 9.17) is 21.1 Å². The number of thiophene rings is 1. The molecule has 1 aromatic heterocycles. The van der Waals surface area contributed by atoms with Gasteiger partial charge in [0.05, 0.1) is 16.5 Å². The Bertz CT molecular complexity index is 999. The first-order chi connectivity index (χ1) is 13.3. The molecule has 0 aliphatic carbocycles. The van der Waals surface area contributed by atoms with Crippen LogP contribution >= 0.6 is 22.9 Å². The van der Waals surface area contributed by atoms with Crippen molar-refractivity contribution in [2.45, 2.75) is 43.8 Å². The maximum Gasteiger partial charge on any atom is 0.414 e. The molecule has 2 aliphatic heterocycles. The van der Waals surface area contributed by atoms with Gasteiger partial charge in [0.1, 0.15) is 16.0 Å². The summed E-state index contributed by atoms with van der Waals surface area (Å²) in [6.07, 6.45) is -0.738. The first-order valence-electron chi connectivity index (χ1n) is 8.50. The number of amides is 1. The third kappa shape index (κ3) is 3.81. The monoisotopic (exact) mass is 465 g/mol. The molecule has 1 saturated heterocycles. The molecule has 13 heteroatoms. The van der Waals surface area contributed by atoms with Crippen LogP contribution in [0, 0.1) is 0 Å². The molecule has 10 nitrogen and oxygen atoms in total. The topological polar surface area (TPSA) is 135 Å². The summed E-state index contributed by atoms with van der Waals surface area (Å²) >= 11 is 7.08. The fourth-order valence-corrected chi connectivity index (χ4v) is 6.35. The number of fused-ring (bicyclic) bond motifs is 1. The van der Waals surface area contributed by atoms with Crippen molar-refractivity contribution in [2.75, 3.05) is 13.7 Å². The molecule has 0 bridgehead atoms. The summed E-state index contributed by atoms with van der Waals surface area (Å²) in [5.41, 5.74) is -3.69. The lowest BCUT2D eigenvalue weighted by atomic mass is 9.97. The second kappa shape index (κ2) is 7.11. The summed E-state index contributed by atoms with van der Waals surface area (Å²) in [7, 11) is -2.87. The maximum atomic E-state index is 13.1. The first kappa shape index (κ1) is 21.8. The van der Waals surface area contributed by atoms with E-state index in [9.17, 15) is 23.1 Å². The highest BCUT2D eigenvalue weighted by Crippen LogP contribution is 2.50. The Morgan fingerprint density at radius 1 is 1.48 bits per heavy atom. The molecule has 29 heavy (non-hydrogen) atoms. The number of hydrogen-bond donors (Lipinski definition) is 2. The first-order valence-corrected chi connectivity index (χ1v) is 11.2. The van der Waals surface area contributed by atoms with Crippen molar-refractivity contribution >= 4 is 51.0 Å². The zero-order chi connectivity index (χ0) is 21.8. The molecular weight excluding hydrogens is 446 g/mol. The van der Waals surface area contributed by atoms with Crippen LogP contribution < -0.4 is 5.32 Å². The van der Waals surface area contributed by atoms with Gasteiger partial charge in [0.25, 0.3) is 10.0 Å². The quantitative estimate of drug-likeness (QED) is 0.683. The van der Waals surface area contributed by atoms with Crippen LogP contribution in [0.15, 0.2) is 11.1 Å². The molecule has 0 aromatic carbocycles. The van der Waals surface area contributed by atoms with E-state index in [1.54, 1.807) is 20.8 Å². The number of halogens is 1. The van der Waals surface area contributed by atoms with Gasteiger partial charge in [0, 0.05) is 13.5 Å². The predicted molar refractivity (Wildman–Crippen MR) is 106 cm³/mol. The number of sulfonamides is 1. The highest BCUT2D eigenvalue weighted by molar-refractivity contribution is 7.90. The van der Waals surface area contributed by atoms with Crippen molar-refractivity contribution < 1.29 is 32.6 Å². The second-order valence-corrected chi connectivity index (χ2v) is 11.0. The zero-order valence-corrected chi connectivity index (χ0v) is 18.4. The van der Waals surface area contributed by atoms with Gasteiger partial charge in [-0.3, -0.25) is 5.32 Å². The lowest BCUT2D eigenvalue weighted by Gasteiger charge is -2.38. The third-order valence-electron chi connectivity index (χ3n) is 4.30. The number of carbonyl (C=O) groups is 2. The predicted octanol–water partition coefficient (Wildman–Crippen LogP) is 2.20. The van der Waals surface area contributed by atoms with E-state index in [0.29, 0.717) is 0 Å². The van der Waals surface area contributed by atoms with Crippen molar-refractivity contribution in [3.8, 4) is 0 Å². The number of nitrogens with zero attached hydrogens (tertiary/aromatic N) is 2. The van der Waals surface area contributed by atoms with Gasteiger partial charge >= 0.3 is 12.1 Å². The number of aromatic carboxylic acids is 1. The lowest BCUT2D eigenvalue weighted by molar-refractivity contribution is 0.0556. The van der Waals surface area contributed by atoms with Crippen LogP contribution in [0.4, 0.5) is 4.79 Å². The van der Waals surface area contributed by atoms with Crippen LogP contribution in [-0.4, -0.2) is 60.5 Å². The van der Waals surface area contributed by atoms with Crippen LogP contribution in [0.1, 0.15) is 41.7 Å². The van der Waals surface area contributed by atoms with Gasteiger partial charge in [-0.15, -0.1) is 11.3 Å². The molecule has 2 aliphatic rings. The molecule has 2 N–H and O–H groups in total. The molecule has 0 saturated carbocycles. The summed E-state index contributed by atoms with van der Waals surface area (Å²) in [4.78, 5) is 28.2. The Morgan fingerprint density at radius 3 is 2.69 bits per heavy atom. The number of aliphatic imine (C=N–C) groups is 1. The van der Waals surface area contributed by atoms with E-state index >= 15 is 0 Å². The molecule has 2 atom stereocenters. The van der Waals surface area contributed by atoms with E-state index in [1.165, 1.54) is 13.1 Å². The summed E-state index contributed by atoms with van der Waals surface area (Å²) in [6, 6.07) is 1.25. The molecule has 0 radical (unpaired) electrons. The molecule has 160 valence electrons. The number of alkyl carbamates (subject to hydrolysis) is 1. The number of guanidine groups is 1. The standard InChI is InChI=1S/C16H20ClN3O7S2/c1-15(2,3)27-14(23)18-13-19-16(10-8(17)7-9(28-10)11(21)22)5-6-26-12(16)29(24,25)20(13)4/h7,12H,5-6H2,1-4H3,(H,21,22)(H,18,19,23)/t12?,16-/m1/s1. The van der Waals surface area contributed by atoms with Crippen LogP contribution in [0.5, 0.6) is 0 Å². The highest BCUT2D eigenvalue weighted by atomic mass is 35.5. The fourth-order valence-electron chi connectivity index (χ4n) is 3.08. The van der Waals surface area contributed by atoms with E-state index < -0.39 is 38.7 Å². The number of rotatable bonds is 2. The van der Waals surface area contributed by atoms with Gasteiger partial charge in [-0.2, -0.15) is 0 Å². The largest absolute Gasteiger partial charge is 0.477 e. The van der Waals surface area contributed by atoms with Crippen molar-refractivity contribution in [2.24, 2.45) is 4.99 Å². The Labute approximate surface area is 176 Å². The molecule has 0 spiro atoms. The Balaban J connectivity index is 2.12. The minimum atomic E-state index is -4.10. The van der Waals surface area contributed by atoms with Gasteiger partial charge in [-0.05, 0) is 26.8 Å². The normalized spacial score (nSPS) is 25.9. The fraction of sp³-hybridized carbons (Fsp3) is 0.562. The van der Waals surface area contributed by atoms with E-state index in [-0.39, 0.29) is 33.8 Å². The van der Waals surface area contributed by atoms with Gasteiger partial charge in [-0.25, -0.2) is 27.3 Å². The molecule has 1 fully saturated rings. The SMILES string of the molecule is CN1C(NC(=O)OC(C)(C)C)=N[C@@]2(c3sc(C(=O)O)cc3Cl)CCOC2S1(=O)=O. The van der Waals surface area contributed by atoms with Crippen LogP contribution in [0.3, 0.4) is 0 Å². The average Bonchev–Trinajstić information content (AvgIpc) is 3.16. The number of carbonyl (C=O) groups excluding carboxylic acids is 1. The number of carboxylic acid groups (broad SMARTS) is 1. The van der Waals surface area contributed by atoms with Gasteiger partial charge in [-0.1, -0.05) is 11.6 Å². The van der Waals surface area contributed by atoms with Crippen LogP contribution in [-0.2, 0) is 25.0 Å². The maximum absolute atomic E-state index is 13.1. The summed E-state index contributed by atoms with van der Waals surface area (Å²) in [6.45, 7) is 5.06. The van der Waals surface area contributed by atoms with Gasteiger partial charge < -0.3 is 14.6 Å². The zero-order valence-electron chi connectivity index (χ0n) is 16.1. The van der Waals surface area contributed by atoms with E-state index in [1.807, 2.05) is 0 Å². The van der Waals surface area contributed by atoms with Crippen molar-refractivity contribution in [3.63, 3.8) is 0 Å². The minimum absolute atomic E-state index is 0.0572. The smallest absolute Gasteiger partial charge is 0.414 e. The summed E-state index contributed by atoms with van der Waals surface area (Å²) in [5.74, 6) is -1.45. The molecule has 1 aromatic rings. The Kier molecular flexibility index (Phi) is 5.35. The van der Waals surface area contributed by atoms with Gasteiger partial charge in [0.2, 0.25) is 11.4 Å². The number of carboxylic acids is 1. The summed E-state index contributed by atoms with van der Waals surface area (Å²) in [5, 5.41) is 11.7. The minimum Gasteiger partial charge on any atom is -0.477 e. The average molecular weight is 466 g/mol. The van der Waals surface area contributed by atoms with E-state index in [2.05, 4.69) is 10.3 Å². The second-order valence-electron chi connectivity index (χ2n) is 7.54. The van der Waals surface area contributed by atoms with Crippen LogP contribution in [0.25, 0.3) is 0 Å². The Morgan fingerprint density at radius 2 is 2.14 bits per heavy atom. The molecule has 1 unspecified atom stereocenters. The number of nitrogens with one attached hydrogen (secondary N) is 1. The molecule has 1 amide bonds. The number of hydrogen-bond acceptors (Lipinski definition) is 8. The molecule has 3 heterocycles. The van der Waals surface area contributed by atoms with Crippen molar-refractivity contribution in [3.05, 3.63) is 20.8 Å². The Hall–Kier alpha value is -1.89. The lowest BCUT2D eigenvalue weighted by Crippen LogP contribution is -2.57. The number of ether oxygens (including phenoxy) is 2. The van der Waals surface area contributed by atoms with Crippen molar-refractivity contribution in [1.82, 2.24) is 9.62 Å². The van der Waals surface area contributed by atoms with Gasteiger partial charge in [0.15, 0.2) is 0 Å². The molecule has 3 rings (SSSR count). The third-order valence-corrected chi connectivity index (χ3v) is 8.01.